The number of rotatable bonds is 3. The van der Waals surface area contributed by atoms with Gasteiger partial charge in [0.05, 0.1) is 5.56 Å². The van der Waals surface area contributed by atoms with Crippen molar-refractivity contribution in [2.45, 2.75) is 13.8 Å². The second-order valence-corrected chi connectivity index (χ2v) is 4.38. The number of benzene rings is 1. The van der Waals surface area contributed by atoms with Gasteiger partial charge in [0, 0.05) is 18.9 Å². The number of aryl methyl sites for hydroxylation is 1. The van der Waals surface area contributed by atoms with E-state index in [9.17, 15) is 4.79 Å². The number of carbonyl (C=O) groups is 1. The van der Waals surface area contributed by atoms with Crippen molar-refractivity contribution < 1.29 is 4.79 Å². The Hall–Kier alpha value is -2.36. The van der Waals surface area contributed by atoms with Crippen molar-refractivity contribution in [3.05, 3.63) is 53.2 Å². The van der Waals surface area contributed by atoms with E-state index >= 15 is 0 Å². The van der Waals surface area contributed by atoms with Crippen LogP contribution in [0, 0.1) is 13.8 Å². The van der Waals surface area contributed by atoms with Crippen molar-refractivity contribution in [1.29, 1.82) is 0 Å². The van der Waals surface area contributed by atoms with Crippen LogP contribution in [-0.2, 0) is 0 Å². The number of hydrogen-bond donors (Lipinski definition) is 2. The third-order valence-electron chi connectivity index (χ3n) is 3.13. The molecule has 0 aliphatic rings. The van der Waals surface area contributed by atoms with E-state index in [4.69, 9.17) is 0 Å². The molecule has 1 aromatic carbocycles. The maximum absolute atomic E-state index is 12.1. The Bertz CT molecular complexity index is 591. The number of pyridine rings is 1. The van der Waals surface area contributed by atoms with Gasteiger partial charge in [-0.3, -0.25) is 4.79 Å². The average molecular weight is 255 g/mol. The van der Waals surface area contributed by atoms with Gasteiger partial charge in [-0.2, -0.15) is 0 Å². The zero-order valence-electron chi connectivity index (χ0n) is 11.3. The topological polar surface area (TPSA) is 54.0 Å². The Morgan fingerprint density at radius 2 is 1.95 bits per heavy atom. The molecule has 2 aromatic rings. The average Bonchev–Trinajstić information content (AvgIpc) is 2.44. The first-order chi connectivity index (χ1) is 9.11. The van der Waals surface area contributed by atoms with Gasteiger partial charge >= 0.3 is 0 Å². The molecule has 0 spiro atoms. The zero-order valence-corrected chi connectivity index (χ0v) is 11.3. The van der Waals surface area contributed by atoms with Gasteiger partial charge in [0.15, 0.2) is 0 Å². The molecule has 0 unspecified atom stereocenters. The van der Waals surface area contributed by atoms with Crippen LogP contribution in [-0.4, -0.2) is 17.9 Å². The predicted molar refractivity (Wildman–Crippen MR) is 77.7 cm³/mol. The highest BCUT2D eigenvalue weighted by atomic mass is 16.1. The van der Waals surface area contributed by atoms with E-state index < -0.39 is 0 Å². The van der Waals surface area contributed by atoms with Crippen LogP contribution in [0.1, 0.15) is 21.5 Å². The monoisotopic (exact) mass is 255 g/mol. The smallest absolute Gasteiger partial charge is 0.257 e. The van der Waals surface area contributed by atoms with E-state index in [1.165, 1.54) is 0 Å². The van der Waals surface area contributed by atoms with Gasteiger partial charge in [-0.05, 0) is 43.2 Å². The van der Waals surface area contributed by atoms with E-state index in [1.807, 2.05) is 32.0 Å². The lowest BCUT2D eigenvalue weighted by Crippen LogP contribution is -2.13. The second kappa shape index (κ2) is 5.52. The first kappa shape index (κ1) is 13.1. The molecule has 0 aliphatic heterocycles. The zero-order chi connectivity index (χ0) is 13.8. The molecular formula is C15H17N3O. The third-order valence-corrected chi connectivity index (χ3v) is 3.13. The van der Waals surface area contributed by atoms with Crippen LogP contribution in [0.4, 0.5) is 11.5 Å². The van der Waals surface area contributed by atoms with Crippen LogP contribution < -0.4 is 10.6 Å². The van der Waals surface area contributed by atoms with Crippen molar-refractivity contribution in [1.82, 2.24) is 4.98 Å². The largest absolute Gasteiger partial charge is 0.373 e. The fourth-order valence-corrected chi connectivity index (χ4v) is 1.76. The van der Waals surface area contributed by atoms with Crippen LogP contribution in [0.2, 0.25) is 0 Å². The molecule has 0 aliphatic carbocycles. The number of nitrogens with one attached hydrogen (secondary N) is 2. The number of carbonyl (C=O) groups excluding carboxylic acids is 1. The molecule has 0 radical (unpaired) electrons. The summed E-state index contributed by atoms with van der Waals surface area (Å²) in [5, 5.41) is 5.82. The summed E-state index contributed by atoms with van der Waals surface area (Å²) in [7, 11) is 1.79. The first-order valence-electron chi connectivity index (χ1n) is 6.13. The summed E-state index contributed by atoms with van der Waals surface area (Å²) >= 11 is 0. The first-order valence-corrected chi connectivity index (χ1v) is 6.13. The van der Waals surface area contributed by atoms with Crippen molar-refractivity contribution in [3.63, 3.8) is 0 Å². The van der Waals surface area contributed by atoms with E-state index in [2.05, 4.69) is 15.6 Å². The Kier molecular flexibility index (Phi) is 3.80. The van der Waals surface area contributed by atoms with Crippen molar-refractivity contribution >= 4 is 17.4 Å². The van der Waals surface area contributed by atoms with Crippen LogP contribution in [0.3, 0.4) is 0 Å². The van der Waals surface area contributed by atoms with Gasteiger partial charge in [-0.1, -0.05) is 12.1 Å². The summed E-state index contributed by atoms with van der Waals surface area (Å²) in [6.45, 7) is 4.02. The molecule has 0 atom stereocenters. The number of hydrogen-bond acceptors (Lipinski definition) is 3. The minimum atomic E-state index is -0.149. The van der Waals surface area contributed by atoms with Crippen molar-refractivity contribution in [2.75, 3.05) is 17.7 Å². The quantitative estimate of drug-likeness (QED) is 0.886. The molecule has 1 heterocycles. The van der Waals surface area contributed by atoms with E-state index in [0.717, 1.165) is 22.6 Å². The van der Waals surface area contributed by atoms with Crippen LogP contribution in [0.25, 0.3) is 0 Å². The molecule has 4 nitrogen and oxygen atoms in total. The Morgan fingerprint density at radius 1 is 1.16 bits per heavy atom. The summed E-state index contributed by atoms with van der Waals surface area (Å²) in [6.07, 6.45) is 1.56. The molecule has 19 heavy (non-hydrogen) atoms. The Balaban J connectivity index is 2.18. The number of amides is 1. The molecule has 1 amide bonds. The highest BCUT2D eigenvalue weighted by Gasteiger charge is 2.08. The van der Waals surface area contributed by atoms with Crippen molar-refractivity contribution in [2.24, 2.45) is 0 Å². The normalized spacial score (nSPS) is 10.1. The molecule has 2 N–H and O–H groups in total. The number of nitrogens with zero attached hydrogens (tertiary/aromatic N) is 1. The third kappa shape index (κ3) is 2.91. The standard InChI is InChI=1S/C15H17N3O/c1-10-5-4-6-13(11(10)2)18-15(19)12-7-8-14(16-3)17-9-12/h4-9H,1-3H3,(H,16,17)(H,18,19). The lowest BCUT2D eigenvalue weighted by Gasteiger charge is -2.10. The molecule has 0 saturated heterocycles. The maximum atomic E-state index is 12.1. The minimum absolute atomic E-state index is 0.149. The molecular weight excluding hydrogens is 238 g/mol. The summed E-state index contributed by atoms with van der Waals surface area (Å²) in [5.74, 6) is 0.590. The highest BCUT2D eigenvalue weighted by Crippen LogP contribution is 2.18. The van der Waals surface area contributed by atoms with Gasteiger partial charge in [-0.15, -0.1) is 0 Å². The maximum Gasteiger partial charge on any atom is 0.257 e. The fraction of sp³-hybridized carbons (Fsp3) is 0.200. The predicted octanol–water partition coefficient (Wildman–Crippen LogP) is 2.99. The Morgan fingerprint density at radius 3 is 2.58 bits per heavy atom. The van der Waals surface area contributed by atoms with E-state index in [-0.39, 0.29) is 5.91 Å². The second-order valence-electron chi connectivity index (χ2n) is 4.38. The number of aromatic nitrogens is 1. The van der Waals surface area contributed by atoms with Gasteiger partial charge in [0.1, 0.15) is 5.82 Å². The summed E-state index contributed by atoms with van der Waals surface area (Å²) in [4.78, 5) is 16.2. The van der Waals surface area contributed by atoms with Crippen LogP contribution in [0.5, 0.6) is 0 Å². The highest BCUT2D eigenvalue weighted by molar-refractivity contribution is 6.04. The number of anilines is 2. The molecule has 2 rings (SSSR count). The van der Waals surface area contributed by atoms with Crippen LogP contribution >= 0.6 is 0 Å². The lowest BCUT2D eigenvalue weighted by molar-refractivity contribution is 0.102. The lowest BCUT2D eigenvalue weighted by atomic mass is 10.1. The minimum Gasteiger partial charge on any atom is -0.373 e. The van der Waals surface area contributed by atoms with E-state index in [1.54, 1.807) is 25.4 Å². The van der Waals surface area contributed by atoms with Gasteiger partial charge in [0.2, 0.25) is 0 Å². The summed E-state index contributed by atoms with van der Waals surface area (Å²) < 4.78 is 0. The Labute approximate surface area is 112 Å². The molecule has 1 aromatic heterocycles. The fourth-order valence-electron chi connectivity index (χ4n) is 1.76. The SMILES string of the molecule is CNc1ccc(C(=O)Nc2cccc(C)c2C)cn1. The van der Waals surface area contributed by atoms with Crippen molar-refractivity contribution in [3.8, 4) is 0 Å². The molecule has 98 valence electrons. The van der Waals surface area contributed by atoms with Crippen LogP contribution in [0.15, 0.2) is 36.5 Å². The van der Waals surface area contributed by atoms with Gasteiger partial charge < -0.3 is 10.6 Å². The van der Waals surface area contributed by atoms with Gasteiger partial charge in [-0.25, -0.2) is 4.98 Å². The summed E-state index contributed by atoms with van der Waals surface area (Å²) in [6, 6.07) is 9.38. The molecule has 4 heteroatoms. The van der Waals surface area contributed by atoms with Gasteiger partial charge in [0.25, 0.3) is 5.91 Å². The summed E-state index contributed by atoms with van der Waals surface area (Å²) in [5.41, 5.74) is 3.61. The molecule has 0 bridgehead atoms. The molecule has 0 fully saturated rings. The van der Waals surface area contributed by atoms with E-state index in [0.29, 0.717) is 5.56 Å². The molecule has 0 saturated carbocycles.